The maximum atomic E-state index is 12.7. The lowest BCUT2D eigenvalue weighted by Gasteiger charge is -2.19. The summed E-state index contributed by atoms with van der Waals surface area (Å²) in [4.78, 5) is 37.1. The van der Waals surface area contributed by atoms with E-state index in [0.717, 1.165) is 22.3 Å². The summed E-state index contributed by atoms with van der Waals surface area (Å²) in [5, 5.41) is 2.59. The van der Waals surface area contributed by atoms with E-state index in [0.29, 0.717) is 5.76 Å². The summed E-state index contributed by atoms with van der Waals surface area (Å²) < 4.78 is 5.40. The van der Waals surface area contributed by atoms with Crippen LogP contribution in [0.2, 0.25) is 0 Å². The molecular formula is C23H25NO4. The number of Topliss-reactive ketones (excluding diaryl/α,β-unsaturated/α-hetero) is 2. The average molecular weight is 379 g/mol. The third-order valence-corrected chi connectivity index (χ3v) is 4.38. The fourth-order valence-electron chi connectivity index (χ4n) is 2.85. The first-order valence-corrected chi connectivity index (χ1v) is 9.00. The van der Waals surface area contributed by atoms with Gasteiger partial charge in [-0.1, -0.05) is 12.0 Å². The van der Waals surface area contributed by atoms with E-state index in [1.54, 1.807) is 27.7 Å². The number of terminal acetylenes is 1. The fraction of sp³-hybridized carbons (Fsp3) is 0.348. The van der Waals surface area contributed by atoms with Crippen LogP contribution in [0, 0.1) is 33.1 Å². The molecular weight excluding hydrogens is 354 g/mol. The molecule has 2 rings (SSSR count). The molecule has 1 aromatic heterocycles. The van der Waals surface area contributed by atoms with Gasteiger partial charge in [0.15, 0.2) is 11.5 Å². The lowest BCUT2D eigenvalue weighted by atomic mass is 9.96. The van der Waals surface area contributed by atoms with Gasteiger partial charge in [0.05, 0.1) is 5.56 Å². The Bertz CT molecular complexity index is 997. The van der Waals surface area contributed by atoms with Gasteiger partial charge in [0, 0.05) is 17.5 Å². The summed E-state index contributed by atoms with van der Waals surface area (Å²) >= 11 is 0. The largest absolute Gasteiger partial charge is 0.457 e. The molecule has 1 aromatic carbocycles. The minimum absolute atomic E-state index is 0.123. The van der Waals surface area contributed by atoms with Gasteiger partial charge in [0.2, 0.25) is 0 Å². The Labute approximate surface area is 165 Å². The lowest BCUT2D eigenvalue weighted by molar-refractivity contribution is -0.118. The molecule has 1 amide bonds. The van der Waals surface area contributed by atoms with Gasteiger partial charge in [-0.25, -0.2) is 0 Å². The van der Waals surface area contributed by atoms with E-state index in [2.05, 4.69) is 11.2 Å². The molecule has 2 aromatic rings. The Kier molecular flexibility index (Phi) is 5.94. The number of amides is 1. The Morgan fingerprint density at radius 3 is 2.32 bits per heavy atom. The van der Waals surface area contributed by atoms with Crippen LogP contribution in [0.15, 0.2) is 22.6 Å². The number of benzene rings is 1. The van der Waals surface area contributed by atoms with Gasteiger partial charge in [-0.05, 0) is 70.4 Å². The van der Waals surface area contributed by atoms with Gasteiger partial charge in [-0.15, -0.1) is 6.42 Å². The van der Waals surface area contributed by atoms with Crippen LogP contribution in [-0.4, -0.2) is 23.0 Å². The van der Waals surface area contributed by atoms with Crippen molar-refractivity contribution in [2.75, 3.05) is 0 Å². The highest BCUT2D eigenvalue weighted by Gasteiger charge is 2.26. The monoisotopic (exact) mass is 379 g/mol. The summed E-state index contributed by atoms with van der Waals surface area (Å²) in [5.41, 5.74) is 3.30. The number of carbonyl (C=O) groups excluding carboxylic acids is 3. The van der Waals surface area contributed by atoms with Crippen molar-refractivity contribution < 1.29 is 18.8 Å². The van der Waals surface area contributed by atoms with E-state index >= 15 is 0 Å². The van der Waals surface area contributed by atoms with Gasteiger partial charge < -0.3 is 9.73 Å². The van der Waals surface area contributed by atoms with Gasteiger partial charge in [0.25, 0.3) is 11.7 Å². The summed E-state index contributed by atoms with van der Waals surface area (Å²) in [6.45, 7) is 10.8. The van der Waals surface area contributed by atoms with E-state index in [1.165, 1.54) is 6.07 Å². The van der Waals surface area contributed by atoms with Crippen LogP contribution in [0.5, 0.6) is 0 Å². The van der Waals surface area contributed by atoms with Crippen molar-refractivity contribution in [3.05, 3.63) is 57.5 Å². The molecule has 0 spiro atoms. The van der Waals surface area contributed by atoms with Gasteiger partial charge in [-0.2, -0.15) is 0 Å². The number of aryl methyl sites for hydroxylation is 2. The molecule has 1 N–H and O–H groups in total. The second kappa shape index (κ2) is 7.85. The quantitative estimate of drug-likeness (QED) is 0.488. The van der Waals surface area contributed by atoms with Crippen LogP contribution in [0.25, 0.3) is 0 Å². The summed E-state index contributed by atoms with van der Waals surface area (Å²) in [5.74, 6) is 1.01. The van der Waals surface area contributed by atoms with Crippen LogP contribution in [0.4, 0.5) is 0 Å². The zero-order valence-corrected chi connectivity index (χ0v) is 17.1. The van der Waals surface area contributed by atoms with Crippen LogP contribution in [-0.2, 0) is 11.2 Å². The molecule has 0 aliphatic heterocycles. The van der Waals surface area contributed by atoms with Crippen molar-refractivity contribution in [2.24, 2.45) is 0 Å². The molecule has 0 aliphatic rings. The first kappa shape index (κ1) is 21.2. The number of ketones is 2. The zero-order valence-electron chi connectivity index (χ0n) is 17.1. The predicted octanol–water partition coefficient (Wildman–Crippen LogP) is 3.71. The van der Waals surface area contributed by atoms with Gasteiger partial charge in [0.1, 0.15) is 5.76 Å². The normalized spacial score (nSPS) is 11.0. The Morgan fingerprint density at radius 2 is 1.75 bits per heavy atom. The summed E-state index contributed by atoms with van der Waals surface area (Å²) in [7, 11) is 0. The Hall–Kier alpha value is -3.13. The van der Waals surface area contributed by atoms with Gasteiger partial charge >= 0.3 is 0 Å². The molecule has 0 atom stereocenters. The number of hydrogen-bond acceptors (Lipinski definition) is 4. The van der Waals surface area contributed by atoms with E-state index in [-0.39, 0.29) is 23.5 Å². The smallest absolute Gasteiger partial charge is 0.296 e. The first-order chi connectivity index (χ1) is 12.9. The minimum Gasteiger partial charge on any atom is -0.457 e. The second-order valence-electron chi connectivity index (χ2n) is 7.94. The van der Waals surface area contributed by atoms with Crippen molar-refractivity contribution in [3.8, 4) is 12.3 Å². The summed E-state index contributed by atoms with van der Waals surface area (Å²) in [6.07, 6.45) is 5.66. The highest BCUT2D eigenvalue weighted by atomic mass is 16.3. The molecule has 0 radical (unpaired) electrons. The predicted molar refractivity (Wildman–Crippen MR) is 108 cm³/mol. The number of rotatable bonds is 5. The van der Waals surface area contributed by atoms with E-state index in [9.17, 15) is 14.4 Å². The molecule has 0 saturated heterocycles. The van der Waals surface area contributed by atoms with E-state index < -0.39 is 17.2 Å². The van der Waals surface area contributed by atoms with Crippen LogP contribution in [0.3, 0.4) is 0 Å². The van der Waals surface area contributed by atoms with E-state index in [4.69, 9.17) is 10.8 Å². The topological polar surface area (TPSA) is 76.4 Å². The lowest BCUT2D eigenvalue weighted by Crippen LogP contribution is -2.44. The van der Waals surface area contributed by atoms with Crippen LogP contribution in [0.1, 0.15) is 69.7 Å². The standard InChI is InChI=1S/C23H25NO4/c1-8-17-10-16(9-13(2)14(17)3)11-19(25)18-12-20(28-15(18)4)21(26)22(27)24-23(5,6)7/h1,9-10,12H,11H2,2-7H3,(H,24,27). The van der Waals surface area contributed by atoms with Crippen LogP contribution >= 0.6 is 0 Å². The number of carbonyl (C=O) groups is 3. The van der Waals surface area contributed by atoms with Gasteiger partial charge in [-0.3, -0.25) is 14.4 Å². The van der Waals surface area contributed by atoms with Crippen molar-refractivity contribution in [1.29, 1.82) is 0 Å². The van der Waals surface area contributed by atoms with Crippen molar-refractivity contribution in [3.63, 3.8) is 0 Å². The second-order valence-corrected chi connectivity index (χ2v) is 7.94. The molecule has 146 valence electrons. The van der Waals surface area contributed by atoms with Crippen molar-refractivity contribution in [1.82, 2.24) is 5.32 Å². The zero-order chi connectivity index (χ0) is 21.2. The number of nitrogens with one attached hydrogen (secondary N) is 1. The maximum absolute atomic E-state index is 12.7. The van der Waals surface area contributed by atoms with Crippen LogP contribution < -0.4 is 5.32 Å². The molecule has 28 heavy (non-hydrogen) atoms. The maximum Gasteiger partial charge on any atom is 0.296 e. The number of hydrogen-bond donors (Lipinski definition) is 1. The molecule has 0 unspecified atom stereocenters. The Morgan fingerprint density at radius 1 is 1.11 bits per heavy atom. The van der Waals surface area contributed by atoms with Crippen molar-refractivity contribution in [2.45, 2.75) is 53.5 Å². The minimum atomic E-state index is -0.808. The third kappa shape index (κ3) is 4.77. The molecule has 0 fully saturated rings. The molecule has 0 bridgehead atoms. The van der Waals surface area contributed by atoms with E-state index in [1.807, 2.05) is 26.0 Å². The molecule has 5 nitrogen and oxygen atoms in total. The number of furan rings is 1. The first-order valence-electron chi connectivity index (χ1n) is 9.00. The third-order valence-electron chi connectivity index (χ3n) is 4.38. The highest BCUT2D eigenvalue weighted by Crippen LogP contribution is 2.21. The summed E-state index contributed by atoms with van der Waals surface area (Å²) in [6, 6.07) is 5.08. The molecule has 5 heteroatoms. The molecule has 1 heterocycles. The fourth-order valence-corrected chi connectivity index (χ4v) is 2.85. The molecule has 0 aliphatic carbocycles. The SMILES string of the molecule is C#Cc1cc(CC(=O)c2cc(C(=O)C(=O)NC(C)(C)C)oc2C)cc(C)c1C. The molecule has 0 saturated carbocycles. The van der Waals surface area contributed by atoms with Crippen molar-refractivity contribution >= 4 is 17.5 Å². The highest BCUT2D eigenvalue weighted by molar-refractivity contribution is 6.42. The Balaban J connectivity index is 2.25. The average Bonchev–Trinajstić information content (AvgIpc) is 2.97.